The van der Waals surface area contributed by atoms with Gasteiger partial charge in [0, 0.05) is 18.0 Å². The van der Waals surface area contributed by atoms with E-state index in [0.717, 1.165) is 11.3 Å². The second-order valence-corrected chi connectivity index (χ2v) is 7.02. The molecule has 0 atom stereocenters. The lowest BCUT2D eigenvalue weighted by Gasteiger charge is -2.16. The van der Waals surface area contributed by atoms with Gasteiger partial charge in [0.2, 0.25) is 11.8 Å². The number of hydrogen-bond acceptors (Lipinski definition) is 5. The van der Waals surface area contributed by atoms with Crippen LogP contribution >= 0.6 is 0 Å². The molecular formula is C18H24FN3O3. The van der Waals surface area contributed by atoms with E-state index in [-0.39, 0.29) is 23.6 Å². The number of likely N-dealkylation sites (N-methyl/N-ethyl adjacent to an activating group) is 1. The van der Waals surface area contributed by atoms with Crippen molar-refractivity contribution in [2.24, 2.45) is 0 Å². The Balaban J connectivity index is 1.89. The summed E-state index contributed by atoms with van der Waals surface area (Å²) in [6, 6.07) is 6.46. The summed E-state index contributed by atoms with van der Waals surface area (Å²) in [5, 5.41) is 6.63. The number of halogens is 1. The summed E-state index contributed by atoms with van der Waals surface area (Å²) in [6.07, 6.45) is 0. The van der Waals surface area contributed by atoms with Crippen LogP contribution in [0.25, 0.3) is 0 Å². The molecule has 0 bridgehead atoms. The number of nitrogens with zero attached hydrogens (tertiary/aromatic N) is 2. The van der Waals surface area contributed by atoms with Crippen LogP contribution < -0.4 is 10.1 Å². The monoisotopic (exact) mass is 349 g/mol. The molecule has 25 heavy (non-hydrogen) atoms. The number of rotatable bonds is 6. The van der Waals surface area contributed by atoms with Gasteiger partial charge in [0.15, 0.2) is 11.6 Å². The zero-order valence-electron chi connectivity index (χ0n) is 15.2. The maximum Gasteiger partial charge on any atom is 0.240 e. The number of carbonyl (C=O) groups excluding carboxylic acids is 1. The first-order valence-electron chi connectivity index (χ1n) is 7.97. The summed E-state index contributed by atoms with van der Waals surface area (Å²) in [7, 11) is 3.20. The Kier molecular flexibility index (Phi) is 5.79. The van der Waals surface area contributed by atoms with Crippen LogP contribution in [0.2, 0.25) is 0 Å². The lowest BCUT2D eigenvalue weighted by atomic mass is 9.92. The van der Waals surface area contributed by atoms with Crippen LogP contribution in [0.5, 0.6) is 5.75 Å². The van der Waals surface area contributed by atoms with Gasteiger partial charge in [-0.05, 0) is 24.7 Å². The molecule has 1 N–H and O–H groups in total. The third kappa shape index (κ3) is 5.29. The van der Waals surface area contributed by atoms with Gasteiger partial charge in [0.25, 0.3) is 0 Å². The maximum absolute atomic E-state index is 13.7. The smallest absolute Gasteiger partial charge is 0.240 e. The number of benzene rings is 1. The van der Waals surface area contributed by atoms with Gasteiger partial charge in [-0.1, -0.05) is 32.0 Å². The number of anilines is 1. The molecule has 6 nitrogen and oxygen atoms in total. The van der Waals surface area contributed by atoms with Gasteiger partial charge in [-0.3, -0.25) is 15.0 Å². The lowest BCUT2D eigenvalue weighted by molar-refractivity contribution is -0.117. The predicted molar refractivity (Wildman–Crippen MR) is 93.1 cm³/mol. The van der Waals surface area contributed by atoms with Gasteiger partial charge in [0.05, 0.1) is 19.3 Å². The standard InChI is InChI=1S/C18H24FN3O3/c1-18(2,3)15-9-17(25-21-15)20-16(23)11-22(4)10-12-6-7-14(24-5)13(19)8-12/h6-9H,10-11H2,1-5H3,(H,20,23). The minimum atomic E-state index is -0.422. The first-order valence-corrected chi connectivity index (χ1v) is 7.97. The highest BCUT2D eigenvalue weighted by Crippen LogP contribution is 2.23. The highest BCUT2D eigenvalue weighted by molar-refractivity contribution is 5.90. The first kappa shape index (κ1) is 18.9. The lowest BCUT2D eigenvalue weighted by Crippen LogP contribution is -2.29. The Hall–Kier alpha value is -2.41. The molecule has 7 heteroatoms. The van der Waals surface area contributed by atoms with E-state index in [0.29, 0.717) is 12.4 Å². The van der Waals surface area contributed by atoms with Crippen molar-refractivity contribution in [3.05, 3.63) is 41.3 Å². The Bertz CT molecular complexity index is 737. The van der Waals surface area contributed by atoms with Crippen LogP contribution in [0.3, 0.4) is 0 Å². The Labute approximate surface area is 146 Å². The summed E-state index contributed by atoms with van der Waals surface area (Å²) in [4.78, 5) is 13.9. The highest BCUT2D eigenvalue weighted by Gasteiger charge is 2.20. The number of aromatic nitrogens is 1. The molecule has 0 aliphatic carbocycles. The molecule has 1 aromatic carbocycles. The average Bonchev–Trinajstić information content (AvgIpc) is 2.95. The summed E-state index contributed by atoms with van der Waals surface area (Å²) < 4.78 is 23.7. The molecule has 0 fully saturated rings. The molecule has 0 saturated heterocycles. The van der Waals surface area contributed by atoms with Gasteiger partial charge >= 0.3 is 0 Å². The Morgan fingerprint density at radius 2 is 2.08 bits per heavy atom. The van der Waals surface area contributed by atoms with E-state index in [1.165, 1.54) is 13.2 Å². The zero-order chi connectivity index (χ0) is 18.6. The second kappa shape index (κ2) is 7.65. The van der Waals surface area contributed by atoms with Crippen LogP contribution in [0.15, 0.2) is 28.8 Å². The molecular weight excluding hydrogens is 325 g/mol. The molecule has 0 saturated carbocycles. The van der Waals surface area contributed by atoms with E-state index < -0.39 is 5.82 Å². The molecule has 0 spiro atoms. The molecule has 1 aromatic heterocycles. The van der Waals surface area contributed by atoms with Crippen LogP contribution in [0.1, 0.15) is 32.0 Å². The quantitative estimate of drug-likeness (QED) is 0.867. The summed E-state index contributed by atoms with van der Waals surface area (Å²) in [5.41, 5.74) is 1.37. The Morgan fingerprint density at radius 1 is 1.36 bits per heavy atom. The van der Waals surface area contributed by atoms with E-state index >= 15 is 0 Å². The number of amides is 1. The molecule has 1 heterocycles. The molecule has 0 radical (unpaired) electrons. The van der Waals surface area contributed by atoms with Crippen molar-refractivity contribution in [2.75, 3.05) is 26.0 Å². The largest absolute Gasteiger partial charge is 0.494 e. The normalized spacial score (nSPS) is 11.6. The minimum Gasteiger partial charge on any atom is -0.494 e. The topological polar surface area (TPSA) is 67.6 Å². The van der Waals surface area contributed by atoms with Gasteiger partial charge < -0.3 is 9.26 Å². The minimum absolute atomic E-state index is 0.138. The van der Waals surface area contributed by atoms with Crippen LogP contribution in [0.4, 0.5) is 10.3 Å². The fourth-order valence-electron chi connectivity index (χ4n) is 2.29. The average molecular weight is 349 g/mol. The molecule has 0 unspecified atom stereocenters. The van der Waals surface area contributed by atoms with Crippen LogP contribution in [-0.2, 0) is 16.8 Å². The van der Waals surface area contributed by atoms with Crippen molar-refractivity contribution in [3.8, 4) is 5.75 Å². The molecule has 1 amide bonds. The van der Waals surface area contributed by atoms with Crippen molar-refractivity contribution in [1.82, 2.24) is 10.1 Å². The first-order chi connectivity index (χ1) is 11.7. The van der Waals surface area contributed by atoms with E-state index in [1.807, 2.05) is 20.8 Å². The van der Waals surface area contributed by atoms with E-state index in [4.69, 9.17) is 9.26 Å². The van der Waals surface area contributed by atoms with Crippen LogP contribution in [0, 0.1) is 5.82 Å². The van der Waals surface area contributed by atoms with E-state index in [1.54, 1.807) is 30.1 Å². The summed E-state index contributed by atoms with van der Waals surface area (Å²) >= 11 is 0. The zero-order valence-corrected chi connectivity index (χ0v) is 15.2. The Morgan fingerprint density at radius 3 is 2.64 bits per heavy atom. The number of methoxy groups -OCH3 is 1. The van der Waals surface area contributed by atoms with Gasteiger partial charge in [-0.2, -0.15) is 0 Å². The maximum atomic E-state index is 13.7. The van der Waals surface area contributed by atoms with E-state index in [9.17, 15) is 9.18 Å². The third-order valence-corrected chi connectivity index (χ3v) is 3.62. The summed E-state index contributed by atoms with van der Waals surface area (Å²) in [6.45, 7) is 6.60. The van der Waals surface area contributed by atoms with Gasteiger partial charge in [0.1, 0.15) is 0 Å². The van der Waals surface area contributed by atoms with Crippen molar-refractivity contribution in [1.29, 1.82) is 0 Å². The van der Waals surface area contributed by atoms with Crippen LogP contribution in [-0.4, -0.2) is 36.7 Å². The third-order valence-electron chi connectivity index (χ3n) is 3.62. The summed E-state index contributed by atoms with van der Waals surface area (Å²) in [5.74, 6) is -0.134. The van der Waals surface area contributed by atoms with E-state index in [2.05, 4.69) is 10.5 Å². The molecule has 136 valence electrons. The van der Waals surface area contributed by atoms with Crippen molar-refractivity contribution >= 4 is 11.8 Å². The van der Waals surface area contributed by atoms with Gasteiger partial charge in [-0.15, -0.1) is 0 Å². The SMILES string of the molecule is COc1ccc(CN(C)CC(=O)Nc2cc(C(C)(C)C)no2)cc1F. The highest BCUT2D eigenvalue weighted by atomic mass is 19.1. The number of carbonyl (C=O) groups is 1. The second-order valence-electron chi connectivity index (χ2n) is 7.02. The van der Waals surface area contributed by atoms with Crippen molar-refractivity contribution in [2.45, 2.75) is 32.7 Å². The molecule has 0 aliphatic heterocycles. The molecule has 2 rings (SSSR count). The number of hydrogen-bond donors (Lipinski definition) is 1. The van der Waals surface area contributed by atoms with Gasteiger partial charge in [-0.25, -0.2) is 4.39 Å². The number of nitrogens with one attached hydrogen (secondary N) is 1. The van der Waals surface area contributed by atoms with Crippen molar-refractivity contribution < 1.29 is 18.4 Å². The molecule has 0 aliphatic rings. The fourth-order valence-corrected chi connectivity index (χ4v) is 2.29. The fraction of sp³-hybridized carbons (Fsp3) is 0.444. The molecule has 2 aromatic rings. The number of ether oxygens (including phenoxy) is 1. The van der Waals surface area contributed by atoms with Crippen molar-refractivity contribution in [3.63, 3.8) is 0 Å². The predicted octanol–water partition coefficient (Wildman–Crippen LogP) is 3.19.